The van der Waals surface area contributed by atoms with Crippen LogP contribution >= 0.6 is 23.2 Å². The average Bonchev–Trinajstić information content (AvgIpc) is 2.70. The van der Waals surface area contributed by atoms with Crippen LogP contribution in [0.5, 0.6) is 5.75 Å². The number of carbonyl (C=O) groups excluding carboxylic acids is 1. The van der Waals surface area contributed by atoms with Gasteiger partial charge < -0.3 is 10.1 Å². The predicted molar refractivity (Wildman–Crippen MR) is 110 cm³/mol. The third-order valence-electron chi connectivity index (χ3n) is 4.60. The van der Waals surface area contributed by atoms with Gasteiger partial charge in [-0.25, -0.2) is 8.42 Å². The van der Waals surface area contributed by atoms with E-state index in [9.17, 15) is 13.2 Å². The van der Waals surface area contributed by atoms with Crippen molar-refractivity contribution in [2.45, 2.75) is 17.7 Å². The highest BCUT2D eigenvalue weighted by Gasteiger charge is 2.34. The van der Waals surface area contributed by atoms with E-state index in [0.29, 0.717) is 30.8 Å². The van der Waals surface area contributed by atoms with Crippen molar-refractivity contribution in [3.05, 3.63) is 52.5 Å². The largest absolute Gasteiger partial charge is 0.497 e. The highest BCUT2D eigenvalue weighted by Crippen LogP contribution is 2.30. The molecule has 0 saturated carbocycles. The molecule has 2 aromatic rings. The molecule has 2 aromatic carbocycles. The van der Waals surface area contributed by atoms with Crippen molar-refractivity contribution in [1.82, 2.24) is 4.31 Å². The van der Waals surface area contributed by atoms with Gasteiger partial charge in [-0.15, -0.1) is 0 Å². The lowest BCUT2D eigenvalue weighted by Crippen LogP contribution is -2.43. The molecule has 3 rings (SSSR count). The minimum atomic E-state index is -3.85. The van der Waals surface area contributed by atoms with Gasteiger partial charge in [0.15, 0.2) is 0 Å². The van der Waals surface area contributed by atoms with Crippen LogP contribution < -0.4 is 10.1 Å². The normalized spacial score (nSPS) is 17.9. The predicted octanol–water partition coefficient (Wildman–Crippen LogP) is 4.04. The maximum atomic E-state index is 13.0. The van der Waals surface area contributed by atoms with Crippen LogP contribution in [0.4, 0.5) is 5.69 Å². The van der Waals surface area contributed by atoms with E-state index < -0.39 is 15.9 Å². The Morgan fingerprint density at radius 2 is 2.00 bits per heavy atom. The molecule has 150 valence electrons. The zero-order valence-electron chi connectivity index (χ0n) is 15.2. The lowest BCUT2D eigenvalue weighted by molar-refractivity contribution is -0.120. The van der Waals surface area contributed by atoms with E-state index in [-0.39, 0.29) is 27.4 Å². The molecule has 0 bridgehead atoms. The van der Waals surface area contributed by atoms with Crippen molar-refractivity contribution < 1.29 is 17.9 Å². The first kappa shape index (κ1) is 20.9. The molecule has 9 heteroatoms. The first-order valence-electron chi connectivity index (χ1n) is 8.71. The summed E-state index contributed by atoms with van der Waals surface area (Å²) in [6, 6.07) is 11.3. The molecule has 1 atom stereocenters. The topological polar surface area (TPSA) is 75.7 Å². The van der Waals surface area contributed by atoms with Crippen molar-refractivity contribution in [3.8, 4) is 5.75 Å². The maximum Gasteiger partial charge on any atom is 0.244 e. The average molecular weight is 443 g/mol. The lowest BCUT2D eigenvalue weighted by Gasteiger charge is -2.31. The fraction of sp³-hybridized carbons (Fsp3) is 0.316. The Balaban J connectivity index is 1.76. The molecule has 0 unspecified atom stereocenters. The molecular formula is C19H20Cl2N2O4S. The molecule has 0 aliphatic carbocycles. The number of rotatable bonds is 5. The first-order valence-corrected chi connectivity index (χ1v) is 10.9. The summed E-state index contributed by atoms with van der Waals surface area (Å²) in [5, 5.41) is 3.22. The standard InChI is InChI=1S/C19H20Cl2N2O4S/c1-27-16-6-2-5-15(11-16)22-19(24)13-4-3-9-23(12-13)28(25,26)18-10-14(20)7-8-17(18)21/h2,5-8,10-11,13H,3-4,9,12H2,1H3,(H,22,24)/t13-/m1/s1. The van der Waals surface area contributed by atoms with Crippen molar-refractivity contribution in [1.29, 1.82) is 0 Å². The zero-order valence-corrected chi connectivity index (χ0v) is 17.5. The van der Waals surface area contributed by atoms with Gasteiger partial charge in [0.2, 0.25) is 15.9 Å². The maximum absolute atomic E-state index is 13.0. The number of benzene rings is 2. The van der Waals surface area contributed by atoms with Gasteiger partial charge in [0.05, 0.1) is 18.1 Å². The molecule has 0 radical (unpaired) electrons. The second-order valence-electron chi connectivity index (χ2n) is 6.50. The number of carbonyl (C=O) groups is 1. The SMILES string of the molecule is COc1cccc(NC(=O)[C@@H]2CCCN(S(=O)(=O)c3cc(Cl)ccc3Cl)C2)c1. The van der Waals surface area contributed by atoms with Crippen LogP contribution in [0.3, 0.4) is 0 Å². The molecule has 6 nitrogen and oxygen atoms in total. The van der Waals surface area contributed by atoms with Crippen LogP contribution in [0, 0.1) is 5.92 Å². The second kappa shape index (κ2) is 8.69. The highest BCUT2D eigenvalue weighted by atomic mass is 35.5. The molecule has 1 amide bonds. The van der Waals surface area contributed by atoms with Crippen LogP contribution in [0.1, 0.15) is 12.8 Å². The highest BCUT2D eigenvalue weighted by molar-refractivity contribution is 7.89. The summed E-state index contributed by atoms with van der Waals surface area (Å²) in [5.74, 6) is -0.0701. The molecule has 1 aliphatic rings. The van der Waals surface area contributed by atoms with E-state index in [1.165, 1.54) is 22.5 Å². The van der Waals surface area contributed by atoms with Gasteiger partial charge >= 0.3 is 0 Å². The number of hydrogen-bond acceptors (Lipinski definition) is 4. The number of sulfonamides is 1. The number of ether oxygens (including phenoxy) is 1. The minimum absolute atomic E-state index is 0.0458. The van der Waals surface area contributed by atoms with Crippen molar-refractivity contribution >= 4 is 44.8 Å². The Labute approximate surface area is 174 Å². The second-order valence-corrected chi connectivity index (χ2v) is 9.25. The van der Waals surface area contributed by atoms with Gasteiger partial charge in [-0.2, -0.15) is 4.31 Å². The summed E-state index contributed by atoms with van der Waals surface area (Å²) in [4.78, 5) is 12.6. The van der Waals surface area contributed by atoms with Crippen molar-refractivity contribution in [2.24, 2.45) is 5.92 Å². The first-order chi connectivity index (χ1) is 13.3. The third kappa shape index (κ3) is 4.60. The number of amides is 1. The van der Waals surface area contributed by atoms with Crippen LogP contribution in [0.2, 0.25) is 10.0 Å². The van der Waals surface area contributed by atoms with Gasteiger partial charge in [0.1, 0.15) is 10.6 Å². The summed E-state index contributed by atoms with van der Waals surface area (Å²) in [7, 11) is -2.30. The van der Waals surface area contributed by atoms with E-state index in [0.717, 1.165) is 0 Å². The number of nitrogens with zero attached hydrogens (tertiary/aromatic N) is 1. The monoisotopic (exact) mass is 442 g/mol. The number of halogens is 2. The van der Waals surface area contributed by atoms with Crippen LogP contribution in [0.25, 0.3) is 0 Å². The Hall–Kier alpha value is -1.80. The molecular weight excluding hydrogens is 423 g/mol. The summed E-state index contributed by atoms with van der Waals surface area (Å²) in [5.41, 5.74) is 0.599. The van der Waals surface area contributed by atoms with Crippen molar-refractivity contribution in [2.75, 3.05) is 25.5 Å². The smallest absolute Gasteiger partial charge is 0.244 e. The van der Waals surface area contributed by atoms with Gasteiger partial charge in [0.25, 0.3) is 0 Å². The number of anilines is 1. The third-order valence-corrected chi connectivity index (χ3v) is 7.19. The Morgan fingerprint density at radius 1 is 1.21 bits per heavy atom. The minimum Gasteiger partial charge on any atom is -0.497 e. The fourth-order valence-electron chi connectivity index (χ4n) is 3.13. The summed E-state index contributed by atoms with van der Waals surface area (Å²) in [6.07, 6.45) is 1.18. The summed E-state index contributed by atoms with van der Waals surface area (Å²) in [6.45, 7) is 0.412. The van der Waals surface area contributed by atoms with E-state index in [2.05, 4.69) is 5.32 Å². The summed E-state index contributed by atoms with van der Waals surface area (Å²) >= 11 is 12.0. The summed E-state index contributed by atoms with van der Waals surface area (Å²) < 4.78 is 32.5. The van der Waals surface area contributed by atoms with Crippen LogP contribution in [-0.4, -0.2) is 38.8 Å². The number of nitrogens with one attached hydrogen (secondary N) is 1. The molecule has 1 saturated heterocycles. The molecule has 1 fully saturated rings. The van der Waals surface area contributed by atoms with E-state index in [4.69, 9.17) is 27.9 Å². The van der Waals surface area contributed by atoms with Gasteiger partial charge in [-0.1, -0.05) is 29.3 Å². The van der Waals surface area contributed by atoms with Gasteiger partial charge in [0, 0.05) is 29.9 Å². The number of piperidine rings is 1. The Morgan fingerprint density at radius 3 is 2.75 bits per heavy atom. The quantitative estimate of drug-likeness (QED) is 0.757. The molecule has 1 heterocycles. The molecule has 1 aliphatic heterocycles. The number of methoxy groups -OCH3 is 1. The molecule has 1 N–H and O–H groups in total. The van der Waals surface area contributed by atoms with Gasteiger partial charge in [-0.05, 0) is 43.2 Å². The van der Waals surface area contributed by atoms with Crippen LogP contribution in [0.15, 0.2) is 47.4 Å². The van der Waals surface area contributed by atoms with E-state index in [1.807, 2.05) is 0 Å². The van der Waals surface area contributed by atoms with Gasteiger partial charge in [-0.3, -0.25) is 4.79 Å². The zero-order chi connectivity index (χ0) is 20.3. The fourth-order valence-corrected chi connectivity index (χ4v) is 5.39. The molecule has 0 aromatic heterocycles. The van der Waals surface area contributed by atoms with Crippen molar-refractivity contribution in [3.63, 3.8) is 0 Å². The number of hydrogen-bond donors (Lipinski definition) is 1. The Bertz CT molecular complexity index is 982. The Kier molecular flexibility index (Phi) is 6.50. The lowest BCUT2D eigenvalue weighted by atomic mass is 9.98. The van der Waals surface area contributed by atoms with E-state index >= 15 is 0 Å². The molecule has 0 spiro atoms. The van der Waals surface area contributed by atoms with Crippen LogP contribution in [-0.2, 0) is 14.8 Å². The van der Waals surface area contributed by atoms with E-state index in [1.54, 1.807) is 31.4 Å². The molecule has 28 heavy (non-hydrogen) atoms.